The largest absolute Gasteiger partial charge is 0.379 e. The number of benzene rings is 1. The van der Waals surface area contributed by atoms with Gasteiger partial charge >= 0.3 is 0 Å². The van der Waals surface area contributed by atoms with E-state index in [1.54, 1.807) is 17.0 Å². The average molecular weight is 291 g/mol. The standard InChI is InChI=1S/C14H17N3O4/c18-14(10-15-5-7-21-8-6-15)16-4-3-11-9-12(17(19)20)1-2-13(11)16/h1-2,9H,3-8,10H2. The number of fused-ring (bicyclic) bond motifs is 1. The van der Waals surface area contributed by atoms with Crippen LogP contribution in [0, 0.1) is 10.1 Å². The van der Waals surface area contributed by atoms with Gasteiger partial charge in [-0.3, -0.25) is 19.8 Å². The minimum Gasteiger partial charge on any atom is -0.379 e. The second-order valence-electron chi connectivity index (χ2n) is 5.25. The normalized spacial score (nSPS) is 18.6. The monoisotopic (exact) mass is 291 g/mol. The van der Waals surface area contributed by atoms with E-state index in [1.807, 2.05) is 0 Å². The molecule has 1 aromatic rings. The van der Waals surface area contributed by atoms with Gasteiger partial charge in [0, 0.05) is 37.5 Å². The molecule has 2 aliphatic rings. The summed E-state index contributed by atoms with van der Waals surface area (Å²) in [7, 11) is 0. The van der Waals surface area contributed by atoms with E-state index in [1.165, 1.54) is 6.07 Å². The van der Waals surface area contributed by atoms with E-state index in [-0.39, 0.29) is 11.6 Å². The van der Waals surface area contributed by atoms with Crippen molar-refractivity contribution >= 4 is 17.3 Å². The van der Waals surface area contributed by atoms with Crippen LogP contribution in [-0.2, 0) is 16.0 Å². The van der Waals surface area contributed by atoms with E-state index < -0.39 is 4.92 Å². The van der Waals surface area contributed by atoms with Gasteiger partial charge in [-0.25, -0.2) is 0 Å². The van der Waals surface area contributed by atoms with E-state index in [0.717, 1.165) is 24.3 Å². The number of hydrogen-bond donors (Lipinski definition) is 0. The summed E-state index contributed by atoms with van der Waals surface area (Å²) < 4.78 is 5.27. The third kappa shape index (κ3) is 2.88. The van der Waals surface area contributed by atoms with Crippen LogP contribution in [-0.4, -0.2) is 55.1 Å². The molecule has 7 nitrogen and oxygen atoms in total. The summed E-state index contributed by atoms with van der Waals surface area (Å²) in [6.07, 6.45) is 0.672. The average Bonchev–Trinajstić information content (AvgIpc) is 2.91. The summed E-state index contributed by atoms with van der Waals surface area (Å²) >= 11 is 0. The Hall–Kier alpha value is -1.99. The number of carbonyl (C=O) groups excluding carboxylic acids is 1. The first kappa shape index (κ1) is 14.0. The fraction of sp³-hybridized carbons (Fsp3) is 0.500. The van der Waals surface area contributed by atoms with Crippen molar-refractivity contribution in [2.24, 2.45) is 0 Å². The molecule has 0 bridgehead atoms. The molecule has 112 valence electrons. The highest BCUT2D eigenvalue weighted by Crippen LogP contribution is 2.31. The third-order valence-electron chi connectivity index (χ3n) is 3.93. The molecule has 1 fully saturated rings. The summed E-state index contributed by atoms with van der Waals surface area (Å²) in [4.78, 5) is 26.6. The van der Waals surface area contributed by atoms with Crippen molar-refractivity contribution < 1.29 is 14.5 Å². The first-order valence-electron chi connectivity index (χ1n) is 7.03. The molecule has 0 unspecified atom stereocenters. The molecule has 0 aromatic heterocycles. The molecule has 0 aliphatic carbocycles. The Labute approximate surface area is 122 Å². The number of morpholine rings is 1. The van der Waals surface area contributed by atoms with Gasteiger partial charge in [0.15, 0.2) is 0 Å². The number of carbonyl (C=O) groups is 1. The molecule has 0 atom stereocenters. The Kier molecular flexibility index (Phi) is 3.85. The Balaban J connectivity index is 1.71. The van der Waals surface area contributed by atoms with E-state index in [4.69, 9.17) is 4.74 Å². The summed E-state index contributed by atoms with van der Waals surface area (Å²) in [6, 6.07) is 4.70. The molecule has 21 heavy (non-hydrogen) atoms. The van der Waals surface area contributed by atoms with Gasteiger partial charge in [-0.1, -0.05) is 0 Å². The molecule has 2 aliphatic heterocycles. The van der Waals surface area contributed by atoms with Crippen molar-refractivity contribution in [1.82, 2.24) is 4.90 Å². The first-order chi connectivity index (χ1) is 10.1. The molecule has 2 heterocycles. The first-order valence-corrected chi connectivity index (χ1v) is 7.03. The second kappa shape index (κ2) is 5.79. The van der Waals surface area contributed by atoms with Gasteiger partial charge < -0.3 is 9.64 Å². The zero-order chi connectivity index (χ0) is 14.8. The summed E-state index contributed by atoms with van der Waals surface area (Å²) in [5.41, 5.74) is 1.76. The number of anilines is 1. The van der Waals surface area contributed by atoms with Crippen LogP contribution in [0.4, 0.5) is 11.4 Å². The number of ether oxygens (including phenoxy) is 1. The van der Waals surface area contributed by atoms with E-state index in [0.29, 0.717) is 32.7 Å². The van der Waals surface area contributed by atoms with Crippen molar-refractivity contribution in [1.29, 1.82) is 0 Å². The number of nitro benzene ring substituents is 1. The van der Waals surface area contributed by atoms with Gasteiger partial charge in [-0.15, -0.1) is 0 Å². The number of rotatable bonds is 3. The number of nitro groups is 1. The van der Waals surface area contributed by atoms with Crippen molar-refractivity contribution in [3.05, 3.63) is 33.9 Å². The van der Waals surface area contributed by atoms with Crippen LogP contribution < -0.4 is 4.90 Å². The molecular formula is C14H17N3O4. The summed E-state index contributed by atoms with van der Waals surface area (Å²) in [6.45, 7) is 3.84. The minimum absolute atomic E-state index is 0.0458. The van der Waals surface area contributed by atoms with Crippen LogP contribution in [0.3, 0.4) is 0 Å². The van der Waals surface area contributed by atoms with E-state index in [2.05, 4.69) is 4.90 Å². The van der Waals surface area contributed by atoms with Crippen LogP contribution in [0.5, 0.6) is 0 Å². The number of non-ortho nitro benzene ring substituents is 1. The zero-order valence-electron chi connectivity index (χ0n) is 11.7. The molecule has 0 spiro atoms. The molecule has 0 N–H and O–H groups in total. The maximum atomic E-state index is 12.4. The van der Waals surface area contributed by atoms with Crippen LogP contribution >= 0.6 is 0 Å². The highest BCUT2D eigenvalue weighted by Gasteiger charge is 2.27. The summed E-state index contributed by atoms with van der Waals surface area (Å²) in [5.74, 6) is 0.0458. The number of amides is 1. The van der Waals surface area contributed by atoms with Gasteiger partial charge in [-0.05, 0) is 18.1 Å². The molecule has 7 heteroatoms. The van der Waals surface area contributed by atoms with Crippen LogP contribution in [0.2, 0.25) is 0 Å². The van der Waals surface area contributed by atoms with Crippen molar-refractivity contribution in [2.75, 3.05) is 44.3 Å². The smallest absolute Gasteiger partial charge is 0.269 e. The lowest BCUT2D eigenvalue weighted by molar-refractivity contribution is -0.384. The Morgan fingerprint density at radius 2 is 2.05 bits per heavy atom. The zero-order valence-corrected chi connectivity index (χ0v) is 11.7. The molecular weight excluding hydrogens is 274 g/mol. The maximum absolute atomic E-state index is 12.4. The van der Waals surface area contributed by atoms with E-state index in [9.17, 15) is 14.9 Å². The Morgan fingerprint density at radius 1 is 1.29 bits per heavy atom. The number of hydrogen-bond acceptors (Lipinski definition) is 5. The molecule has 1 aromatic carbocycles. The Bertz CT molecular complexity index is 569. The fourth-order valence-electron chi connectivity index (χ4n) is 2.80. The molecule has 1 amide bonds. The van der Waals surface area contributed by atoms with Crippen LogP contribution in [0.25, 0.3) is 0 Å². The highest BCUT2D eigenvalue weighted by molar-refractivity contribution is 5.97. The third-order valence-corrected chi connectivity index (χ3v) is 3.93. The SMILES string of the molecule is O=C(CN1CCOCC1)N1CCc2cc([N+](=O)[O-])ccc21. The molecule has 1 saturated heterocycles. The highest BCUT2D eigenvalue weighted by atomic mass is 16.6. The predicted molar refractivity (Wildman–Crippen MR) is 76.4 cm³/mol. The fourth-order valence-corrected chi connectivity index (χ4v) is 2.80. The molecule has 0 radical (unpaired) electrons. The number of nitrogens with zero attached hydrogens (tertiary/aromatic N) is 3. The molecule has 3 rings (SSSR count). The van der Waals surface area contributed by atoms with Gasteiger partial charge in [0.05, 0.1) is 24.7 Å². The second-order valence-corrected chi connectivity index (χ2v) is 5.25. The topological polar surface area (TPSA) is 75.9 Å². The maximum Gasteiger partial charge on any atom is 0.269 e. The van der Waals surface area contributed by atoms with Gasteiger partial charge in [0.1, 0.15) is 0 Å². The predicted octanol–water partition coefficient (Wildman–Crippen LogP) is 0.816. The van der Waals surface area contributed by atoms with Gasteiger partial charge in [-0.2, -0.15) is 0 Å². The van der Waals surface area contributed by atoms with Crippen molar-refractivity contribution in [2.45, 2.75) is 6.42 Å². The van der Waals surface area contributed by atoms with Crippen molar-refractivity contribution in [3.63, 3.8) is 0 Å². The van der Waals surface area contributed by atoms with Crippen LogP contribution in [0.15, 0.2) is 18.2 Å². The van der Waals surface area contributed by atoms with E-state index >= 15 is 0 Å². The minimum atomic E-state index is -0.404. The lowest BCUT2D eigenvalue weighted by Crippen LogP contribution is -2.44. The van der Waals surface area contributed by atoms with Gasteiger partial charge in [0.25, 0.3) is 5.69 Å². The van der Waals surface area contributed by atoms with Crippen molar-refractivity contribution in [3.8, 4) is 0 Å². The van der Waals surface area contributed by atoms with Crippen LogP contribution in [0.1, 0.15) is 5.56 Å². The Morgan fingerprint density at radius 3 is 2.76 bits per heavy atom. The molecule has 0 saturated carbocycles. The van der Waals surface area contributed by atoms with Gasteiger partial charge in [0.2, 0.25) is 5.91 Å². The lowest BCUT2D eigenvalue weighted by atomic mass is 10.1. The lowest BCUT2D eigenvalue weighted by Gasteiger charge is -2.28. The quantitative estimate of drug-likeness (QED) is 0.608. The summed E-state index contributed by atoms with van der Waals surface area (Å²) in [5, 5.41) is 10.8.